The lowest BCUT2D eigenvalue weighted by atomic mass is 9.78. The molecule has 4 atom stereocenters. The normalized spacial score (nSPS) is 28.1. The number of alkyl halides is 1. The molecule has 4 rings (SSSR count). The number of phosphoric acid groups is 1. The van der Waals surface area contributed by atoms with Crippen LogP contribution >= 0.6 is 7.82 Å². The zero-order valence-electron chi connectivity index (χ0n) is 21.5. The van der Waals surface area contributed by atoms with Crippen molar-refractivity contribution >= 4 is 7.82 Å². The van der Waals surface area contributed by atoms with E-state index in [1.54, 1.807) is 6.07 Å². The molecule has 10 nitrogen and oxygen atoms in total. The number of phosphoric ester groups is 1. The molecule has 37 heavy (non-hydrogen) atoms. The van der Waals surface area contributed by atoms with E-state index in [2.05, 4.69) is 0 Å². The Morgan fingerprint density at radius 2 is 1.86 bits per heavy atom. The van der Waals surface area contributed by atoms with Crippen LogP contribution in [0.2, 0.25) is 0 Å². The molecule has 0 amide bonds. The van der Waals surface area contributed by atoms with E-state index in [4.69, 9.17) is 18.3 Å². The zero-order chi connectivity index (χ0) is 27.6. The van der Waals surface area contributed by atoms with Gasteiger partial charge in [-0.1, -0.05) is 41.5 Å². The van der Waals surface area contributed by atoms with Gasteiger partial charge in [0.25, 0.3) is 5.56 Å². The van der Waals surface area contributed by atoms with Crippen molar-refractivity contribution in [2.45, 2.75) is 83.6 Å². The van der Waals surface area contributed by atoms with Gasteiger partial charge in [0.1, 0.15) is 24.3 Å². The van der Waals surface area contributed by atoms with E-state index >= 15 is 8.78 Å². The van der Waals surface area contributed by atoms with Crippen LogP contribution in [-0.2, 0) is 35.8 Å². The van der Waals surface area contributed by atoms with Crippen molar-refractivity contribution < 1.29 is 36.8 Å². The van der Waals surface area contributed by atoms with Crippen molar-refractivity contribution in [2.24, 2.45) is 0 Å². The number of aliphatic hydroxyl groups is 1. The summed E-state index contributed by atoms with van der Waals surface area (Å²) in [5.41, 5.74) is -1.51. The topological polar surface area (TPSA) is 129 Å². The summed E-state index contributed by atoms with van der Waals surface area (Å²) >= 11 is 0. The van der Waals surface area contributed by atoms with Crippen molar-refractivity contribution in [2.75, 3.05) is 6.61 Å². The van der Waals surface area contributed by atoms with Gasteiger partial charge in [-0.05, 0) is 22.5 Å². The number of nitrogens with one attached hydrogen (secondary N) is 1. The molecule has 13 heteroatoms. The standard InChI is InChI=1S/C24H31F2N2O8P/c1-22(2,3)14-9-15(23(4,5)6)19-13(18(14)25)11-33-37(32,36-19)34-12-24(26)10-16(29)20(35-24)28-8-7-17(30)27-21(28)31/h7-9,16,20,29H,10-12H2,1-6H3,(H,27,30,31)/t16-,20-,24+,37?/m1/s1. The largest absolute Gasteiger partial charge is 0.530 e. The smallest absolute Gasteiger partial charge is 0.403 e. The minimum absolute atomic E-state index is 0.0190. The van der Waals surface area contributed by atoms with Crippen LogP contribution in [0.15, 0.2) is 27.9 Å². The predicted molar refractivity (Wildman–Crippen MR) is 129 cm³/mol. The average Bonchev–Trinajstić information content (AvgIpc) is 3.05. The van der Waals surface area contributed by atoms with Crippen molar-refractivity contribution in [3.63, 3.8) is 0 Å². The van der Waals surface area contributed by atoms with Gasteiger partial charge < -0.3 is 14.4 Å². The monoisotopic (exact) mass is 544 g/mol. The first kappa shape index (κ1) is 27.7. The van der Waals surface area contributed by atoms with Gasteiger partial charge in [-0.2, -0.15) is 0 Å². The molecule has 2 aliphatic heterocycles. The molecule has 1 unspecified atom stereocenters. The van der Waals surface area contributed by atoms with Gasteiger partial charge >= 0.3 is 13.5 Å². The summed E-state index contributed by atoms with van der Waals surface area (Å²) < 4.78 is 66.4. The fourth-order valence-corrected chi connectivity index (χ4v) is 5.52. The number of H-pyrrole nitrogens is 1. The first-order valence-electron chi connectivity index (χ1n) is 11.7. The van der Waals surface area contributed by atoms with Crippen molar-refractivity contribution in [3.05, 3.63) is 61.7 Å². The fraction of sp³-hybridized carbons (Fsp3) is 0.583. The van der Waals surface area contributed by atoms with E-state index in [1.165, 1.54) is 0 Å². The highest BCUT2D eigenvalue weighted by Gasteiger charge is 2.51. The zero-order valence-corrected chi connectivity index (χ0v) is 22.4. The van der Waals surface area contributed by atoms with Crippen molar-refractivity contribution in [3.8, 4) is 5.75 Å². The lowest BCUT2D eigenvalue weighted by Crippen LogP contribution is -2.35. The van der Waals surface area contributed by atoms with E-state index in [0.717, 1.165) is 16.8 Å². The number of hydrogen-bond acceptors (Lipinski definition) is 8. The van der Waals surface area contributed by atoms with E-state index in [-0.39, 0.29) is 11.3 Å². The van der Waals surface area contributed by atoms with Gasteiger partial charge in [0.05, 0.1) is 12.2 Å². The Balaban J connectivity index is 1.58. The van der Waals surface area contributed by atoms with Gasteiger partial charge in [-0.15, -0.1) is 0 Å². The maximum absolute atomic E-state index is 15.5. The second-order valence-corrected chi connectivity index (χ2v) is 13.0. The second-order valence-electron chi connectivity index (χ2n) is 11.4. The van der Waals surface area contributed by atoms with Crippen LogP contribution in [0.25, 0.3) is 0 Å². The molecular formula is C24H31F2N2O8P. The van der Waals surface area contributed by atoms with Crippen molar-refractivity contribution in [1.29, 1.82) is 0 Å². The third kappa shape index (κ3) is 5.44. The molecule has 2 aromatic rings. The van der Waals surface area contributed by atoms with Crippen LogP contribution in [0.1, 0.15) is 70.9 Å². The van der Waals surface area contributed by atoms with Gasteiger partial charge in [0, 0.05) is 24.2 Å². The summed E-state index contributed by atoms with van der Waals surface area (Å²) in [4.78, 5) is 25.3. The summed E-state index contributed by atoms with van der Waals surface area (Å²) in [5, 5.41) is 10.3. The highest BCUT2D eigenvalue weighted by Crippen LogP contribution is 2.58. The number of nitrogens with zero attached hydrogens (tertiary/aromatic N) is 1. The number of fused-ring (bicyclic) bond motifs is 1. The summed E-state index contributed by atoms with van der Waals surface area (Å²) in [6.07, 6.45) is -2.52. The molecule has 1 aromatic heterocycles. The third-order valence-electron chi connectivity index (χ3n) is 6.23. The SMILES string of the molecule is CC(C)(C)c1cc(C(C)(C)C)c2c(c1F)COP(=O)(OC[C@]1(F)C[C@@H](O)[C@H](n3ccc(=O)[nH]c3=O)O1)O2. The van der Waals surface area contributed by atoms with Crippen LogP contribution < -0.4 is 15.8 Å². The Morgan fingerprint density at radius 3 is 2.46 bits per heavy atom. The molecule has 1 aromatic carbocycles. The molecule has 2 N–H and O–H groups in total. The van der Waals surface area contributed by atoms with Crippen LogP contribution in [0.4, 0.5) is 8.78 Å². The highest BCUT2D eigenvalue weighted by atomic mass is 31.2. The maximum Gasteiger partial charge on any atom is 0.530 e. The summed E-state index contributed by atoms with van der Waals surface area (Å²) in [6, 6.07) is 2.69. The number of halogens is 2. The van der Waals surface area contributed by atoms with Crippen molar-refractivity contribution in [1.82, 2.24) is 9.55 Å². The maximum atomic E-state index is 15.5. The molecule has 0 saturated carbocycles. The molecule has 2 aliphatic rings. The number of aliphatic hydroxyl groups excluding tert-OH is 1. The fourth-order valence-electron chi connectivity index (χ4n) is 4.27. The number of ether oxygens (including phenoxy) is 1. The average molecular weight is 544 g/mol. The Labute approximate surface area is 212 Å². The molecule has 0 bridgehead atoms. The lowest BCUT2D eigenvalue weighted by molar-refractivity contribution is -0.179. The number of aromatic amines is 1. The van der Waals surface area contributed by atoms with E-state index in [9.17, 15) is 19.3 Å². The van der Waals surface area contributed by atoms with Gasteiger partial charge in [0.15, 0.2) is 6.23 Å². The summed E-state index contributed by atoms with van der Waals surface area (Å²) in [6.45, 7) is 9.88. The van der Waals surface area contributed by atoms with Crippen LogP contribution in [0.5, 0.6) is 5.75 Å². The first-order valence-corrected chi connectivity index (χ1v) is 13.2. The molecule has 204 valence electrons. The number of rotatable bonds is 4. The van der Waals surface area contributed by atoms with Crippen LogP contribution in [-0.4, -0.2) is 33.2 Å². The minimum atomic E-state index is -4.42. The Kier molecular flexibility index (Phi) is 6.82. The van der Waals surface area contributed by atoms with E-state index < -0.39 is 73.5 Å². The molecule has 0 spiro atoms. The summed E-state index contributed by atoms with van der Waals surface area (Å²) in [7, 11) is -4.42. The minimum Gasteiger partial charge on any atom is -0.403 e. The van der Waals surface area contributed by atoms with Gasteiger partial charge in [-0.25, -0.2) is 18.1 Å². The van der Waals surface area contributed by atoms with Crippen LogP contribution in [0.3, 0.4) is 0 Å². The molecule has 0 radical (unpaired) electrons. The Morgan fingerprint density at radius 1 is 1.22 bits per heavy atom. The molecule has 0 aliphatic carbocycles. The Hall–Kier alpha value is -2.37. The van der Waals surface area contributed by atoms with Gasteiger partial charge in [0.2, 0.25) is 5.85 Å². The molecule has 3 heterocycles. The predicted octanol–water partition coefficient (Wildman–Crippen LogP) is 3.95. The molecule has 1 saturated heterocycles. The molecule has 1 fully saturated rings. The molecular weight excluding hydrogens is 513 g/mol. The first-order chi connectivity index (χ1) is 16.9. The van der Waals surface area contributed by atoms with Crippen LogP contribution in [0, 0.1) is 5.82 Å². The second kappa shape index (κ2) is 9.13. The quantitative estimate of drug-likeness (QED) is 0.554. The lowest BCUT2D eigenvalue weighted by Gasteiger charge is -2.34. The third-order valence-corrected chi connectivity index (χ3v) is 7.53. The summed E-state index contributed by atoms with van der Waals surface area (Å²) in [5.74, 6) is -3.19. The number of benzene rings is 1. The highest BCUT2D eigenvalue weighted by molar-refractivity contribution is 7.49. The number of hydrogen-bond donors (Lipinski definition) is 2. The Bertz CT molecular complexity index is 1380. The number of aromatic nitrogens is 2. The van der Waals surface area contributed by atoms with E-state index in [1.807, 2.05) is 46.5 Å². The van der Waals surface area contributed by atoms with E-state index in [0.29, 0.717) is 11.1 Å². The van der Waals surface area contributed by atoms with Gasteiger partial charge in [-0.3, -0.25) is 23.4 Å².